The van der Waals surface area contributed by atoms with Crippen molar-refractivity contribution in [3.63, 3.8) is 0 Å². The standard InChI is InChI=1S/C24H25ClN6O2/c25-14-1-3-17-19(11-14)30-24(32)21(22(17)27-15-5-6-26-13-15)23-28-18-4-2-16(12-20(18)29-23)31-7-9-33-10-8-31/h1-4,11-12,15,26H,5-10,13H2,(H,28,29)(H2,27,30,32). The van der Waals surface area contributed by atoms with Gasteiger partial charge in [0, 0.05) is 41.8 Å². The molecule has 0 amide bonds. The first-order chi connectivity index (χ1) is 16.2. The number of aromatic nitrogens is 3. The van der Waals surface area contributed by atoms with Crippen LogP contribution in [0.5, 0.6) is 0 Å². The lowest BCUT2D eigenvalue weighted by atomic mass is 10.1. The highest BCUT2D eigenvalue weighted by molar-refractivity contribution is 6.31. The molecule has 1 unspecified atom stereocenters. The van der Waals surface area contributed by atoms with Gasteiger partial charge in [0.05, 0.1) is 35.5 Å². The number of fused-ring (bicyclic) bond motifs is 2. The summed E-state index contributed by atoms with van der Waals surface area (Å²) in [5.41, 5.74) is 4.65. The van der Waals surface area contributed by atoms with Gasteiger partial charge in [-0.3, -0.25) is 4.79 Å². The Labute approximate surface area is 195 Å². The number of rotatable bonds is 4. The van der Waals surface area contributed by atoms with Crippen molar-refractivity contribution in [2.75, 3.05) is 49.6 Å². The van der Waals surface area contributed by atoms with Crippen LogP contribution in [0.15, 0.2) is 41.2 Å². The van der Waals surface area contributed by atoms with Gasteiger partial charge in [0.2, 0.25) is 0 Å². The lowest BCUT2D eigenvalue weighted by molar-refractivity contribution is 0.122. The van der Waals surface area contributed by atoms with Crippen molar-refractivity contribution in [1.29, 1.82) is 0 Å². The average molecular weight is 465 g/mol. The van der Waals surface area contributed by atoms with Gasteiger partial charge in [0.15, 0.2) is 0 Å². The van der Waals surface area contributed by atoms with Gasteiger partial charge in [0.1, 0.15) is 11.4 Å². The molecule has 9 heteroatoms. The molecule has 4 N–H and O–H groups in total. The van der Waals surface area contributed by atoms with Crippen LogP contribution in [-0.2, 0) is 4.74 Å². The summed E-state index contributed by atoms with van der Waals surface area (Å²) in [5, 5.41) is 8.48. The number of nitrogens with zero attached hydrogens (tertiary/aromatic N) is 2. The molecule has 2 saturated heterocycles. The number of benzene rings is 2. The fraction of sp³-hybridized carbons (Fsp3) is 0.333. The molecule has 0 radical (unpaired) electrons. The van der Waals surface area contributed by atoms with E-state index in [9.17, 15) is 4.79 Å². The van der Waals surface area contributed by atoms with E-state index in [0.717, 1.165) is 73.6 Å². The van der Waals surface area contributed by atoms with E-state index in [0.29, 0.717) is 21.9 Å². The molecule has 8 nitrogen and oxygen atoms in total. The van der Waals surface area contributed by atoms with Gasteiger partial charge in [-0.2, -0.15) is 0 Å². The van der Waals surface area contributed by atoms with Crippen LogP contribution in [-0.4, -0.2) is 60.4 Å². The molecular formula is C24H25ClN6O2. The Balaban J connectivity index is 1.48. The number of hydrogen-bond acceptors (Lipinski definition) is 6. The van der Waals surface area contributed by atoms with E-state index >= 15 is 0 Å². The van der Waals surface area contributed by atoms with E-state index in [1.807, 2.05) is 18.2 Å². The van der Waals surface area contributed by atoms with Gasteiger partial charge in [-0.25, -0.2) is 4.98 Å². The quantitative estimate of drug-likeness (QED) is 0.370. The fourth-order valence-electron chi connectivity index (χ4n) is 4.76. The van der Waals surface area contributed by atoms with Gasteiger partial charge in [0.25, 0.3) is 5.56 Å². The molecule has 33 heavy (non-hydrogen) atoms. The van der Waals surface area contributed by atoms with Crippen molar-refractivity contribution >= 4 is 44.9 Å². The van der Waals surface area contributed by atoms with Crippen molar-refractivity contribution in [2.24, 2.45) is 0 Å². The molecule has 0 spiro atoms. The highest BCUT2D eigenvalue weighted by atomic mass is 35.5. The summed E-state index contributed by atoms with van der Waals surface area (Å²) in [6.07, 6.45) is 0.990. The predicted octanol–water partition coefficient (Wildman–Crippen LogP) is 3.34. The lowest BCUT2D eigenvalue weighted by Gasteiger charge is -2.28. The summed E-state index contributed by atoms with van der Waals surface area (Å²) in [4.78, 5) is 26.8. The van der Waals surface area contributed by atoms with Gasteiger partial charge >= 0.3 is 0 Å². The second-order valence-electron chi connectivity index (χ2n) is 8.61. The zero-order chi connectivity index (χ0) is 22.4. The second kappa shape index (κ2) is 8.37. The van der Waals surface area contributed by atoms with Gasteiger partial charge in [-0.15, -0.1) is 0 Å². The van der Waals surface area contributed by atoms with E-state index in [1.54, 1.807) is 6.07 Å². The first kappa shape index (κ1) is 20.5. The number of pyridine rings is 1. The summed E-state index contributed by atoms with van der Waals surface area (Å²) in [7, 11) is 0. The Morgan fingerprint density at radius 3 is 2.79 bits per heavy atom. The van der Waals surface area contributed by atoms with E-state index in [1.165, 1.54) is 0 Å². The van der Waals surface area contributed by atoms with Crippen LogP contribution in [0.3, 0.4) is 0 Å². The van der Waals surface area contributed by atoms with Crippen LogP contribution in [0.4, 0.5) is 11.4 Å². The largest absolute Gasteiger partial charge is 0.380 e. The van der Waals surface area contributed by atoms with Crippen molar-refractivity contribution in [2.45, 2.75) is 12.5 Å². The van der Waals surface area contributed by atoms with Crippen LogP contribution in [0.2, 0.25) is 5.02 Å². The summed E-state index contributed by atoms with van der Waals surface area (Å²) in [6.45, 7) is 4.99. The molecule has 170 valence electrons. The maximum absolute atomic E-state index is 13.3. The first-order valence-electron chi connectivity index (χ1n) is 11.3. The topological polar surface area (TPSA) is 98.1 Å². The third-order valence-electron chi connectivity index (χ3n) is 6.46. The number of anilines is 2. The maximum atomic E-state index is 13.3. The molecule has 0 aliphatic carbocycles. The van der Waals surface area contributed by atoms with Crippen LogP contribution in [0.1, 0.15) is 6.42 Å². The number of morpholine rings is 1. The van der Waals surface area contributed by atoms with Crippen LogP contribution in [0.25, 0.3) is 33.3 Å². The van der Waals surface area contributed by atoms with Crippen LogP contribution >= 0.6 is 11.6 Å². The fourth-order valence-corrected chi connectivity index (χ4v) is 4.94. The Kier molecular flexibility index (Phi) is 5.21. The molecule has 2 aromatic carbocycles. The SMILES string of the molecule is O=c1[nH]c2cc(Cl)ccc2c(NC2CCNC2)c1-c1nc2ccc(N3CCOCC3)cc2[nH]1. The van der Waals surface area contributed by atoms with Crippen LogP contribution < -0.4 is 21.1 Å². The number of aromatic amines is 2. The molecular weight excluding hydrogens is 440 g/mol. The third kappa shape index (κ3) is 3.84. The number of H-pyrrole nitrogens is 2. The van der Waals surface area contributed by atoms with Crippen molar-refractivity contribution in [3.05, 3.63) is 51.8 Å². The lowest BCUT2D eigenvalue weighted by Crippen LogP contribution is -2.36. The molecule has 0 bridgehead atoms. The summed E-state index contributed by atoms with van der Waals surface area (Å²) < 4.78 is 5.47. The van der Waals surface area contributed by atoms with E-state index in [-0.39, 0.29) is 11.6 Å². The van der Waals surface area contributed by atoms with Crippen molar-refractivity contribution < 1.29 is 4.74 Å². The highest BCUT2D eigenvalue weighted by Crippen LogP contribution is 2.33. The Hall–Kier alpha value is -3.07. The maximum Gasteiger partial charge on any atom is 0.261 e. The minimum Gasteiger partial charge on any atom is -0.380 e. The average Bonchev–Trinajstić information content (AvgIpc) is 3.48. The van der Waals surface area contributed by atoms with Crippen LogP contribution in [0, 0.1) is 0 Å². The summed E-state index contributed by atoms with van der Waals surface area (Å²) >= 11 is 6.20. The molecule has 4 aromatic rings. The Bertz CT molecular complexity index is 1390. The zero-order valence-electron chi connectivity index (χ0n) is 18.1. The number of imidazole rings is 1. The molecule has 2 fully saturated rings. The minimum absolute atomic E-state index is 0.203. The molecule has 2 aromatic heterocycles. The monoisotopic (exact) mass is 464 g/mol. The van der Waals surface area contributed by atoms with Gasteiger partial charge < -0.3 is 30.2 Å². The molecule has 4 heterocycles. The summed E-state index contributed by atoms with van der Waals surface area (Å²) in [5.74, 6) is 0.552. The first-order valence-corrected chi connectivity index (χ1v) is 11.7. The van der Waals surface area contributed by atoms with E-state index < -0.39 is 0 Å². The van der Waals surface area contributed by atoms with Gasteiger partial charge in [-0.05, 0) is 49.4 Å². The predicted molar refractivity (Wildman–Crippen MR) is 133 cm³/mol. The molecule has 2 aliphatic heterocycles. The highest BCUT2D eigenvalue weighted by Gasteiger charge is 2.22. The Morgan fingerprint density at radius 2 is 1.97 bits per heavy atom. The molecule has 6 rings (SSSR count). The zero-order valence-corrected chi connectivity index (χ0v) is 18.8. The second-order valence-corrected chi connectivity index (χ2v) is 9.05. The number of halogens is 1. The van der Waals surface area contributed by atoms with Gasteiger partial charge in [-0.1, -0.05) is 11.6 Å². The van der Waals surface area contributed by atoms with Crippen molar-refractivity contribution in [1.82, 2.24) is 20.3 Å². The molecule has 0 saturated carbocycles. The number of ether oxygens (including phenoxy) is 1. The number of hydrogen-bond donors (Lipinski definition) is 4. The molecule has 1 atom stereocenters. The minimum atomic E-state index is -0.203. The smallest absolute Gasteiger partial charge is 0.261 e. The Morgan fingerprint density at radius 1 is 1.09 bits per heavy atom. The van der Waals surface area contributed by atoms with E-state index in [4.69, 9.17) is 21.3 Å². The number of nitrogens with one attached hydrogen (secondary N) is 4. The third-order valence-corrected chi connectivity index (χ3v) is 6.70. The molecule has 2 aliphatic rings. The normalized spacial score (nSPS) is 18.9. The van der Waals surface area contributed by atoms with Crippen molar-refractivity contribution in [3.8, 4) is 11.4 Å². The summed E-state index contributed by atoms with van der Waals surface area (Å²) in [6, 6.07) is 12.0. The van der Waals surface area contributed by atoms with E-state index in [2.05, 4.69) is 37.6 Å².